The normalized spacial score (nSPS) is 27.0. The number of hydrogen-bond donors (Lipinski definition) is 1. The summed E-state index contributed by atoms with van der Waals surface area (Å²) in [5.41, 5.74) is 5.42. The highest BCUT2D eigenvalue weighted by Crippen LogP contribution is 2.30. The molecule has 19 heavy (non-hydrogen) atoms. The van der Waals surface area contributed by atoms with Crippen LogP contribution >= 0.6 is 12.2 Å². The summed E-state index contributed by atoms with van der Waals surface area (Å²) in [7, 11) is 1.76. The maximum atomic E-state index is 11.9. The van der Waals surface area contributed by atoms with Crippen LogP contribution < -0.4 is 5.73 Å². The zero-order valence-electron chi connectivity index (χ0n) is 12.2. The Hall–Kier alpha value is -0.680. The zero-order chi connectivity index (χ0) is 14.4. The first-order valence-corrected chi connectivity index (χ1v) is 7.44. The Morgan fingerprint density at radius 1 is 1.37 bits per heavy atom. The lowest BCUT2D eigenvalue weighted by atomic mass is 9.80. The SMILES string of the molecule is CC1CCC(OCC(=O)N(C)CCC(N)=S)CC1C. The molecule has 1 aliphatic carbocycles. The molecule has 5 heteroatoms. The van der Waals surface area contributed by atoms with E-state index in [0.29, 0.717) is 23.9 Å². The van der Waals surface area contributed by atoms with Crippen LogP contribution in [0.1, 0.15) is 39.5 Å². The van der Waals surface area contributed by atoms with Gasteiger partial charge in [-0.1, -0.05) is 26.1 Å². The lowest BCUT2D eigenvalue weighted by Gasteiger charge is -2.32. The average Bonchev–Trinajstić information content (AvgIpc) is 2.36. The number of likely N-dealkylation sites (N-methyl/N-ethyl adjacent to an activating group) is 1. The van der Waals surface area contributed by atoms with Crippen molar-refractivity contribution in [3.63, 3.8) is 0 Å². The minimum atomic E-state index is 0.00234. The summed E-state index contributed by atoms with van der Waals surface area (Å²) in [5.74, 6) is 1.45. The van der Waals surface area contributed by atoms with Crippen molar-refractivity contribution in [2.24, 2.45) is 17.6 Å². The van der Waals surface area contributed by atoms with Crippen LogP contribution in [0.15, 0.2) is 0 Å². The van der Waals surface area contributed by atoms with Crippen LogP contribution in [0.25, 0.3) is 0 Å². The minimum Gasteiger partial charge on any atom is -0.393 e. The van der Waals surface area contributed by atoms with Crippen LogP contribution in [0.5, 0.6) is 0 Å². The second-order valence-electron chi connectivity index (χ2n) is 5.73. The van der Waals surface area contributed by atoms with E-state index in [1.54, 1.807) is 11.9 Å². The Morgan fingerprint density at radius 3 is 2.63 bits per heavy atom. The molecule has 0 spiro atoms. The van der Waals surface area contributed by atoms with Gasteiger partial charge in [-0.3, -0.25) is 4.79 Å². The first kappa shape index (κ1) is 16.4. The molecule has 1 rings (SSSR count). The fraction of sp³-hybridized carbons (Fsp3) is 0.857. The van der Waals surface area contributed by atoms with Gasteiger partial charge in [-0.2, -0.15) is 0 Å². The average molecular weight is 286 g/mol. The number of carbonyl (C=O) groups is 1. The number of hydrogen-bond acceptors (Lipinski definition) is 3. The summed E-state index contributed by atoms with van der Waals surface area (Å²) in [6.45, 7) is 5.28. The van der Waals surface area contributed by atoms with Gasteiger partial charge in [0.05, 0.1) is 11.1 Å². The molecule has 0 aliphatic heterocycles. The van der Waals surface area contributed by atoms with E-state index in [1.165, 1.54) is 6.42 Å². The van der Waals surface area contributed by atoms with E-state index in [1.807, 2.05) is 0 Å². The van der Waals surface area contributed by atoms with Gasteiger partial charge in [0.15, 0.2) is 0 Å². The lowest BCUT2D eigenvalue weighted by Crippen LogP contribution is -2.35. The molecule has 1 fully saturated rings. The van der Waals surface area contributed by atoms with Gasteiger partial charge in [0.25, 0.3) is 0 Å². The van der Waals surface area contributed by atoms with E-state index in [9.17, 15) is 4.79 Å². The van der Waals surface area contributed by atoms with Crippen LogP contribution in [-0.2, 0) is 9.53 Å². The van der Waals surface area contributed by atoms with E-state index in [2.05, 4.69) is 13.8 Å². The van der Waals surface area contributed by atoms with E-state index < -0.39 is 0 Å². The van der Waals surface area contributed by atoms with Crippen molar-refractivity contribution in [1.29, 1.82) is 0 Å². The number of nitrogens with zero attached hydrogens (tertiary/aromatic N) is 1. The Kier molecular flexibility index (Phi) is 6.72. The maximum Gasteiger partial charge on any atom is 0.248 e. The molecule has 0 bridgehead atoms. The smallest absolute Gasteiger partial charge is 0.248 e. The number of ether oxygens (including phenoxy) is 1. The lowest BCUT2D eigenvalue weighted by molar-refractivity contribution is -0.138. The van der Waals surface area contributed by atoms with E-state index in [4.69, 9.17) is 22.7 Å². The Bertz CT molecular complexity index is 323. The summed E-state index contributed by atoms with van der Waals surface area (Å²) < 4.78 is 5.74. The van der Waals surface area contributed by atoms with Crippen LogP contribution in [0.3, 0.4) is 0 Å². The molecule has 2 N–H and O–H groups in total. The molecule has 0 aromatic heterocycles. The summed E-state index contributed by atoms with van der Waals surface area (Å²) >= 11 is 4.80. The van der Waals surface area contributed by atoms with E-state index in [-0.39, 0.29) is 18.6 Å². The van der Waals surface area contributed by atoms with Crippen molar-refractivity contribution in [3.05, 3.63) is 0 Å². The molecule has 1 saturated carbocycles. The number of amides is 1. The largest absolute Gasteiger partial charge is 0.393 e. The van der Waals surface area contributed by atoms with Crippen molar-refractivity contribution in [3.8, 4) is 0 Å². The molecule has 0 heterocycles. The highest BCUT2D eigenvalue weighted by atomic mass is 32.1. The zero-order valence-corrected chi connectivity index (χ0v) is 13.0. The minimum absolute atomic E-state index is 0.00234. The second-order valence-corrected chi connectivity index (χ2v) is 6.26. The molecule has 110 valence electrons. The van der Waals surface area contributed by atoms with Gasteiger partial charge in [0.1, 0.15) is 6.61 Å². The quantitative estimate of drug-likeness (QED) is 0.758. The molecule has 3 atom stereocenters. The summed E-state index contributed by atoms with van der Waals surface area (Å²) in [5, 5.41) is 0. The molecule has 0 saturated heterocycles. The molecule has 3 unspecified atom stereocenters. The van der Waals surface area contributed by atoms with Gasteiger partial charge in [-0.25, -0.2) is 0 Å². The fourth-order valence-corrected chi connectivity index (χ4v) is 2.44. The molecule has 4 nitrogen and oxygen atoms in total. The van der Waals surface area contributed by atoms with Gasteiger partial charge >= 0.3 is 0 Å². The second kappa shape index (κ2) is 7.80. The highest BCUT2D eigenvalue weighted by Gasteiger charge is 2.25. The Balaban J connectivity index is 2.24. The first-order valence-electron chi connectivity index (χ1n) is 7.04. The topological polar surface area (TPSA) is 55.6 Å². The van der Waals surface area contributed by atoms with Crippen LogP contribution in [0.2, 0.25) is 0 Å². The van der Waals surface area contributed by atoms with Gasteiger partial charge in [0, 0.05) is 20.0 Å². The van der Waals surface area contributed by atoms with Crippen LogP contribution in [-0.4, -0.2) is 42.1 Å². The number of rotatable bonds is 6. The van der Waals surface area contributed by atoms with Crippen molar-refractivity contribution >= 4 is 23.1 Å². The van der Waals surface area contributed by atoms with E-state index >= 15 is 0 Å². The highest BCUT2D eigenvalue weighted by molar-refractivity contribution is 7.80. The van der Waals surface area contributed by atoms with Gasteiger partial charge in [0.2, 0.25) is 5.91 Å². The molecule has 0 radical (unpaired) electrons. The molecular weight excluding hydrogens is 260 g/mol. The number of thiocarbonyl (C=S) groups is 1. The van der Waals surface area contributed by atoms with Crippen molar-refractivity contribution < 1.29 is 9.53 Å². The monoisotopic (exact) mass is 286 g/mol. The van der Waals surface area contributed by atoms with Gasteiger partial charge in [-0.05, 0) is 31.1 Å². The third-order valence-electron chi connectivity index (χ3n) is 4.11. The first-order chi connectivity index (χ1) is 8.90. The number of carbonyl (C=O) groups excluding carboxylic acids is 1. The summed E-state index contributed by atoms with van der Waals surface area (Å²) in [6, 6.07) is 0. The van der Waals surface area contributed by atoms with Crippen molar-refractivity contribution in [1.82, 2.24) is 4.90 Å². The molecule has 1 aliphatic rings. The predicted molar refractivity (Wildman–Crippen MR) is 81.0 cm³/mol. The third kappa shape index (κ3) is 5.87. The van der Waals surface area contributed by atoms with Crippen LogP contribution in [0.4, 0.5) is 0 Å². The Labute approximate surface area is 121 Å². The molecule has 0 aromatic rings. The molecule has 1 amide bonds. The van der Waals surface area contributed by atoms with Crippen molar-refractivity contribution in [2.45, 2.75) is 45.6 Å². The number of nitrogens with two attached hydrogens (primary N) is 1. The van der Waals surface area contributed by atoms with Crippen molar-refractivity contribution in [2.75, 3.05) is 20.2 Å². The van der Waals surface area contributed by atoms with Gasteiger partial charge in [-0.15, -0.1) is 0 Å². The van der Waals surface area contributed by atoms with Gasteiger partial charge < -0.3 is 15.4 Å². The summed E-state index contributed by atoms with van der Waals surface area (Å²) in [6.07, 6.45) is 4.12. The summed E-state index contributed by atoms with van der Waals surface area (Å²) in [4.78, 5) is 13.9. The Morgan fingerprint density at radius 2 is 2.05 bits per heavy atom. The predicted octanol–water partition coefficient (Wildman–Crippen LogP) is 1.96. The van der Waals surface area contributed by atoms with Crippen LogP contribution in [0, 0.1) is 11.8 Å². The molecule has 0 aromatic carbocycles. The fourth-order valence-electron chi connectivity index (χ4n) is 2.35. The molecular formula is C14H26N2O2S. The third-order valence-corrected chi connectivity index (χ3v) is 4.32. The maximum absolute atomic E-state index is 11.9. The van der Waals surface area contributed by atoms with E-state index in [0.717, 1.165) is 18.8 Å². The standard InChI is InChI=1S/C14H26N2O2S/c1-10-4-5-12(8-11(10)2)18-9-14(17)16(3)7-6-13(15)19/h10-12H,4-9H2,1-3H3,(H2,15,19).